The highest BCUT2D eigenvalue weighted by molar-refractivity contribution is 5.82. The number of ether oxygens (including phenoxy) is 4. The third-order valence-electron chi connectivity index (χ3n) is 4.68. The SMILES string of the molecule is CC(C)(C)OC(=O)N[C@H](CC[C@H](Cc1ccc(OCCF)cc1)C(=O)OC(C)(C)C)C(=O)OC(C)(C)C. The van der Waals surface area contributed by atoms with Crippen molar-refractivity contribution in [3.63, 3.8) is 0 Å². The predicted molar refractivity (Wildman–Crippen MR) is 139 cm³/mol. The standard InChI is InChI=1S/C28H44FNO7/c1-26(2,3)35-23(31)20(18-19-10-13-21(14-11-19)34-17-16-29)12-15-22(24(32)36-27(4,5)6)30-25(33)37-28(7,8)9/h10-11,13-14,20,22H,12,15-18H2,1-9H3,(H,30,33)/t20-,22-/m1/s1. The van der Waals surface area contributed by atoms with Gasteiger partial charge in [-0.3, -0.25) is 4.79 Å². The van der Waals surface area contributed by atoms with Crippen LogP contribution in [0.25, 0.3) is 0 Å². The van der Waals surface area contributed by atoms with E-state index >= 15 is 0 Å². The number of alkyl carbamates (subject to hydrolysis) is 1. The van der Waals surface area contributed by atoms with Crippen molar-refractivity contribution in [1.82, 2.24) is 5.32 Å². The molecule has 1 aromatic rings. The molecule has 210 valence electrons. The number of carbonyl (C=O) groups excluding carboxylic acids is 3. The average Bonchev–Trinajstić information content (AvgIpc) is 2.71. The Kier molecular flexibility index (Phi) is 11.9. The van der Waals surface area contributed by atoms with E-state index in [0.29, 0.717) is 12.2 Å². The molecule has 0 aliphatic rings. The van der Waals surface area contributed by atoms with Gasteiger partial charge < -0.3 is 24.3 Å². The molecule has 1 aromatic carbocycles. The smallest absolute Gasteiger partial charge is 0.408 e. The number of esters is 2. The van der Waals surface area contributed by atoms with Crippen LogP contribution in [0, 0.1) is 5.92 Å². The van der Waals surface area contributed by atoms with Crippen molar-refractivity contribution < 1.29 is 37.7 Å². The summed E-state index contributed by atoms with van der Waals surface area (Å²) >= 11 is 0. The largest absolute Gasteiger partial charge is 0.491 e. The van der Waals surface area contributed by atoms with Crippen molar-refractivity contribution >= 4 is 18.0 Å². The lowest BCUT2D eigenvalue weighted by molar-refractivity contribution is -0.162. The van der Waals surface area contributed by atoms with E-state index in [0.717, 1.165) is 5.56 Å². The number of hydrogen-bond donors (Lipinski definition) is 1. The molecule has 0 saturated carbocycles. The summed E-state index contributed by atoms with van der Waals surface area (Å²) in [6.45, 7) is 15.1. The lowest BCUT2D eigenvalue weighted by Gasteiger charge is -2.28. The topological polar surface area (TPSA) is 100 Å². The fourth-order valence-corrected chi connectivity index (χ4v) is 3.29. The summed E-state index contributed by atoms with van der Waals surface area (Å²) in [5, 5.41) is 2.59. The van der Waals surface area contributed by atoms with E-state index in [-0.39, 0.29) is 19.4 Å². The van der Waals surface area contributed by atoms with Crippen molar-refractivity contribution in [2.24, 2.45) is 5.92 Å². The first-order valence-corrected chi connectivity index (χ1v) is 12.6. The number of hydrogen-bond acceptors (Lipinski definition) is 7. The molecule has 0 aliphatic carbocycles. The molecule has 0 saturated heterocycles. The van der Waals surface area contributed by atoms with Crippen LogP contribution in [-0.2, 0) is 30.2 Å². The highest BCUT2D eigenvalue weighted by atomic mass is 19.1. The molecule has 0 heterocycles. The molecule has 0 fully saturated rings. The molecule has 0 unspecified atom stereocenters. The van der Waals surface area contributed by atoms with Crippen molar-refractivity contribution in [3.8, 4) is 5.75 Å². The van der Waals surface area contributed by atoms with Crippen molar-refractivity contribution in [3.05, 3.63) is 29.8 Å². The molecule has 9 heteroatoms. The summed E-state index contributed by atoms with van der Waals surface area (Å²) in [7, 11) is 0. The Morgan fingerprint density at radius 2 is 1.30 bits per heavy atom. The van der Waals surface area contributed by atoms with Gasteiger partial charge in [-0.25, -0.2) is 14.0 Å². The second-order valence-corrected chi connectivity index (χ2v) is 11.9. The molecule has 37 heavy (non-hydrogen) atoms. The van der Waals surface area contributed by atoms with Crippen LogP contribution in [0.1, 0.15) is 80.7 Å². The average molecular weight is 526 g/mol. The zero-order valence-corrected chi connectivity index (χ0v) is 23.7. The van der Waals surface area contributed by atoms with E-state index in [9.17, 15) is 18.8 Å². The minimum Gasteiger partial charge on any atom is -0.491 e. The first-order valence-electron chi connectivity index (χ1n) is 12.6. The Balaban J connectivity index is 3.08. The summed E-state index contributed by atoms with van der Waals surface area (Å²) in [5.74, 6) is -1.09. The number of amides is 1. The molecule has 0 aliphatic heterocycles. The molecule has 2 atom stereocenters. The van der Waals surface area contributed by atoms with Gasteiger partial charge in [-0.05, 0) is 99.3 Å². The summed E-state index contributed by atoms with van der Waals surface area (Å²) in [5.41, 5.74) is -1.36. The van der Waals surface area contributed by atoms with Crippen LogP contribution in [0.5, 0.6) is 5.75 Å². The molecule has 8 nitrogen and oxygen atoms in total. The van der Waals surface area contributed by atoms with Crippen LogP contribution in [0.2, 0.25) is 0 Å². The molecule has 1 N–H and O–H groups in total. The van der Waals surface area contributed by atoms with Crippen molar-refractivity contribution in [2.75, 3.05) is 13.3 Å². The van der Waals surface area contributed by atoms with E-state index in [1.807, 2.05) is 0 Å². The zero-order chi connectivity index (χ0) is 28.4. The van der Waals surface area contributed by atoms with Gasteiger partial charge in [-0.2, -0.15) is 0 Å². The summed E-state index contributed by atoms with van der Waals surface area (Å²) in [6.07, 6.45) is -0.0305. The molecule has 0 aromatic heterocycles. The fourth-order valence-electron chi connectivity index (χ4n) is 3.29. The molecule has 0 spiro atoms. The predicted octanol–water partition coefficient (Wildman–Crippen LogP) is 5.55. The van der Waals surface area contributed by atoms with Crippen LogP contribution in [-0.4, -0.2) is 54.2 Å². The van der Waals surface area contributed by atoms with Gasteiger partial charge in [0.15, 0.2) is 0 Å². The van der Waals surface area contributed by atoms with E-state index < -0.39 is 53.5 Å². The molecular weight excluding hydrogens is 481 g/mol. The van der Waals surface area contributed by atoms with Gasteiger partial charge in [0.25, 0.3) is 0 Å². The lowest BCUT2D eigenvalue weighted by Crippen LogP contribution is -2.46. The second kappa shape index (κ2) is 13.6. The van der Waals surface area contributed by atoms with Crippen molar-refractivity contribution in [1.29, 1.82) is 0 Å². The van der Waals surface area contributed by atoms with E-state index in [2.05, 4.69) is 5.32 Å². The number of alkyl halides is 1. The number of carbonyl (C=O) groups is 3. The van der Waals surface area contributed by atoms with Crippen molar-refractivity contribution in [2.45, 2.75) is 104 Å². The van der Waals surface area contributed by atoms with Gasteiger partial charge in [0.05, 0.1) is 5.92 Å². The maximum Gasteiger partial charge on any atom is 0.408 e. The first-order chi connectivity index (χ1) is 16.9. The Labute approximate surface area is 220 Å². The zero-order valence-electron chi connectivity index (χ0n) is 23.7. The number of nitrogens with one attached hydrogen (secondary N) is 1. The minimum absolute atomic E-state index is 0.0312. The highest BCUT2D eigenvalue weighted by Crippen LogP contribution is 2.23. The van der Waals surface area contributed by atoms with Gasteiger partial charge in [-0.1, -0.05) is 12.1 Å². The Hall–Kier alpha value is -2.84. The van der Waals surface area contributed by atoms with Gasteiger partial charge in [0.2, 0.25) is 0 Å². The Morgan fingerprint density at radius 3 is 1.78 bits per heavy atom. The summed E-state index contributed by atoms with van der Waals surface area (Å²) in [4.78, 5) is 38.4. The molecule has 0 radical (unpaired) electrons. The monoisotopic (exact) mass is 525 g/mol. The summed E-state index contributed by atoms with van der Waals surface area (Å²) < 4.78 is 34.1. The summed E-state index contributed by atoms with van der Waals surface area (Å²) in [6, 6.07) is 6.01. The third kappa shape index (κ3) is 14.5. The minimum atomic E-state index is -1.02. The van der Waals surface area contributed by atoms with Crippen LogP contribution < -0.4 is 10.1 Å². The van der Waals surface area contributed by atoms with Gasteiger partial charge in [-0.15, -0.1) is 0 Å². The highest BCUT2D eigenvalue weighted by Gasteiger charge is 2.32. The van der Waals surface area contributed by atoms with E-state index in [4.69, 9.17) is 18.9 Å². The van der Waals surface area contributed by atoms with E-state index in [1.165, 1.54) is 0 Å². The quantitative estimate of drug-likeness (QED) is 0.299. The van der Waals surface area contributed by atoms with Gasteiger partial charge >= 0.3 is 18.0 Å². The second-order valence-electron chi connectivity index (χ2n) is 11.9. The Bertz CT molecular complexity index is 880. The Morgan fingerprint density at radius 1 is 0.784 bits per heavy atom. The van der Waals surface area contributed by atoms with Crippen LogP contribution in [0.4, 0.5) is 9.18 Å². The fraction of sp³-hybridized carbons (Fsp3) is 0.679. The molecular formula is C28H44FNO7. The van der Waals surface area contributed by atoms with Crippen LogP contribution >= 0.6 is 0 Å². The van der Waals surface area contributed by atoms with Crippen LogP contribution in [0.3, 0.4) is 0 Å². The maximum atomic E-state index is 13.1. The van der Waals surface area contributed by atoms with Gasteiger partial charge in [0, 0.05) is 0 Å². The molecule has 1 amide bonds. The first kappa shape index (κ1) is 32.2. The number of benzene rings is 1. The van der Waals surface area contributed by atoms with Crippen LogP contribution in [0.15, 0.2) is 24.3 Å². The van der Waals surface area contributed by atoms with E-state index in [1.54, 1.807) is 86.6 Å². The molecule has 0 bridgehead atoms. The normalized spacial score (nSPS) is 13.8. The molecule has 1 rings (SSSR count). The maximum absolute atomic E-state index is 13.1. The van der Waals surface area contributed by atoms with Gasteiger partial charge in [0.1, 0.15) is 41.9 Å². The third-order valence-corrected chi connectivity index (χ3v) is 4.68. The lowest BCUT2D eigenvalue weighted by atomic mass is 9.92. The number of rotatable bonds is 11. The number of halogens is 1.